The minimum atomic E-state index is -0.259. The molecule has 80 valence electrons. The first-order valence-electron chi connectivity index (χ1n) is 4.49. The number of hydrogen-bond acceptors (Lipinski definition) is 2. The Morgan fingerprint density at radius 3 is 2.00 bits per heavy atom. The molecule has 1 aromatic carbocycles. The van der Waals surface area contributed by atoms with Crippen LogP contribution in [0.3, 0.4) is 0 Å². The van der Waals surface area contributed by atoms with Gasteiger partial charge in [-0.1, -0.05) is 6.07 Å². The summed E-state index contributed by atoms with van der Waals surface area (Å²) < 4.78 is 0. The van der Waals surface area contributed by atoms with Gasteiger partial charge in [-0.2, -0.15) is 0 Å². The van der Waals surface area contributed by atoms with Crippen molar-refractivity contribution in [3.63, 3.8) is 0 Å². The molecule has 0 fully saturated rings. The molecule has 15 heavy (non-hydrogen) atoms. The van der Waals surface area contributed by atoms with Crippen molar-refractivity contribution in [2.24, 2.45) is 11.5 Å². The van der Waals surface area contributed by atoms with Crippen molar-refractivity contribution < 1.29 is 0 Å². The molecule has 0 aliphatic rings. The number of hydrogen-bond donors (Lipinski definition) is 4. The molecule has 1 aromatic rings. The molecule has 0 amide bonds. The van der Waals surface area contributed by atoms with Crippen LogP contribution in [0.25, 0.3) is 0 Å². The smallest absolute Gasteiger partial charge is 0.200 e. The second-order valence-corrected chi connectivity index (χ2v) is 3.37. The van der Waals surface area contributed by atoms with Crippen LogP contribution in [0, 0.1) is 24.7 Å². The van der Waals surface area contributed by atoms with Crippen LogP contribution in [0.4, 0.5) is 5.69 Å². The van der Waals surface area contributed by atoms with E-state index in [4.69, 9.17) is 22.3 Å². The van der Waals surface area contributed by atoms with Gasteiger partial charge in [-0.3, -0.25) is 15.7 Å². The quantitative estimate of drug-likeness (QED) is 0.404. The molecule has 0 aliphatic carbocycles. The van der Waals surface area contributed by atoms with Gasteiger partial charge in [0.15, 0.2) is 11.9 Å². The maximum absolute atomic E-state index is 7.33. The molecule has 1 rings (SSSR count). The van der Waals surface area contributed by atoms with E-state index in [-0.39, 0.29) is 11.9 Å². The van der Waals surface area contributed by atoms with E-state index in [1.165, 1.54) is 4.90 Å². The van der Waals surface area contributed by atoms with Crippen molar-refractivity contribution in [1.82, 2.24) is 0 Å². The summed E-state index contributed by atoms with van der Waals surface area (Å²) in [6, 6.07) is 5.53. The van der Waals surface area contributed by atoms with E-state index in [1.807, 2.05) is 26.0 Å². The number of benzene rings is 1. The van der Waals surface area contributed by atoms with Gasteiger partial charge < -0.3 is 11.5 Å². The fraction of sp³-hybridized carbons (Fsp3) is 0.200. The van der Waals surface area contributed by atoms with Gasteiger partial charge in [-0.25, -0.2) is 0 Å². The average Bonchev–Trinajstić information content (AvgIpc) is 2.10. The van der Waals surface area contributed by atoms with Crippen molar-refractivity contribution in [3.05, 3.63) is 29.3 Å². The summed E-state index contributed by atoms with van der Waals surface area (Å²) in [5.74, 6) is -0.517. The molecule has 0 atom stereocenters. The molecule has 0 aliphatic heterocycles. The molecule has 0 saturated heterocycles. The third-order valence-electron chi connectivity index (χ3n) is 2.23. The second kappa shape index (κ2) is 4.00. The zero-order valence-electron chi connectivity index (χ0n) is 8.83. The summed E-state index contributed by atoms with van der Waals surface area (Å²) in [6.07, 6.45) is 0. The summed E-state index contributed by atoms with van der Waals surface area (Å²) in [6.45, 7) is 3.95. The Hall–Kier alpha value is -2.04. The van der Waals surface area contributed by atoms with Gasteiger partial charge in [0.05, 0.1) is 5.69 Å². The highest BCUT2D eigenvalue weighted by molar-refractivity contribution is 6.14. The Labute approximate surface area is 88.7 Å². The normalized spacial score (nSPS) is 9.73. The predicted octanol–water partition coefficient (Wildman–Crippen LogP) is 0.897. The van der Waals surface area contributed by atoms with E-state index < -0.39 is 0 Å². The molecule has 0 aromatic heterocycles. The van der Waals surface area contributed by atoms with Crippen molar-refractivity contribution >= 4 is 17.6 Å². The second-order valence-electron chi connectivity index (χ2n) is 3.37. The Morgan fingerprint density at radius 2 is 1.60 bits per heavy atom. The third kappa shape index (κ3) is 2.25. The lowest BCUT2D eigenvalue weighted by Crippen LogP contribution is -2.45. The van der Waals surface area contributed by atoms with Crippen LogP contribution < -0.4 is 16.4 Å². The van der Waals surface area contributed by atoms with Gasteiger partial charge in [0.2, 0.25) is 0 Å². The van der Waals surface area contributed by atoms with Crippen LogP contribution in [0.15, 0.2) is 18.2 Å². The predicted molar refractivity (Wildman–Crippen MR) is 62.2 cm³/mol. The lowest BCUT2D eigenvalue weighted by molar-refractivity contribution is 1.22. The highest BCUT2D eigenvalue weighted by atomic mass is 15.3. The maximum atomic E-state index is 7.33. The first-order chi connectivity index (χ1) is 6.93. The fourth-order valence-electron chi connectivity index (χ4n) is 1.27. The largest absolute Gasteiger partial charge is 0.369 e. The summed E-state index contributed by atoms with van der Waals surface area (Å²) in [7, 11) is 0. The SMILES string of the molecule is Cc1ccc(N(C(=N)N)C(=N)N)cc1C. The standard InChI is InChI=1S/C10H15N5/c1-6-3-4-8(5-7(6)2)15(9(11)12)10(13)14/h3-5H,1-2H3,(H3,11,12)(H3,13,14). The lowest BCUT2D eigenvalue weighted by atomic mass is 10.1. The van der Waals surface area contributed by atoms with Gasteiger partial charge in [0.1, 0.15) is 0 Å². The fourth-order valence-corrected chi connectivity index (χ4v) is 1.27. The first kappa shape index (κ1) is 11.0. The van der Waals surface area contributed by atoms with Gasteiger partial charge in [-0.15, -0.1) is 0 Å². The number of nitrogens with two attached hydrogens (primary N) is 2. The molecule has 0 saturated carbocycles. The van der Waals surface area contributed by atoms with Crippen molar-refractivity contribution in [2.75, 3.05) is 4.90 Å². The Kier molecular flexibility index (Phi) is 2.94. The highest BCUT2D eigenvalue weighted by Crippen LogP contribution is 2.17. The van der Waals surface area contributed by atoms with Gasteiger partial charge in [0, 0.05) is 0 Å². The maximum Gasteiger partial charge on any atom is 0.200 e. The van der Waals surface area contributed by atoms with Crippen LogP contribution in [-0.2, 0) is 0 Å². The molecule has 6 N–H and O–H groups in total. The Bertz CT molecular complexity index is 396. The van der Waals surface area contributed by atoms with E-state index in [9.17, 15) is 0 Å². The highest BCUT2D eigenvalue weighted by Gasteiger charge is 2.12. The van der Waals surface area contributed by atoms with E-state index in [2.05, 4.69) is 0 Å². The zero-order valence-corrected chi connectivity index (χ0v) is 8.83. The van der Waals surface area contributed by atoms with E-state index >= 15 is 0 Å². The number of nitrogens with one attached hydrogen (secondary N) is 2. The van der Waals surface area contributed by atoms with Crippen LogP contribution in [-0.4, -0.2) is 11.9 Å². The Balaban J connectivity index is 3.18. The molecule has 0 bridgehead atoms. The lowest BCUT2D eigenvalue weighted by Gasteiger charge is -2.21. The third-order valence-corrected chi connectivity index (χ3v) is 2.23. The summed E-state index contributed by atoms with van der Waals surface area (Å²) in [5, 5.41) is 14.7. The van der Waals surface area contributed by atoms with Crippen LogP contribution in [0.2, 0.25) is 0 Å². The number of nitrogens with zero attached hydrogens (tertiary/aromatic N) is 1. The molecule has 5 heteroatoms. The van der Waals surface area contributed by atoms with Gasteiger partial charge in [0.25, 0.3) is 0 Å². The van der Waals surface area contributed by atoms with Crippen molar-refractivity contribution in [1.29, 1.82) is 10.8 Å². The number of anilines is 1. The topological polar surface area (TPSA) is 103 Å². The van der Waals surface area contributed by atoms with E-state index in [0.29, 0.717) is 5.69 Å². The van der Waals surface area contributed by atoms with Gasteiger partial charge in [-0.05, 0) is 37.1 Å². The summed E-state index contributed by atoms with van der Waals surface area (Å²) in [4.78, 5) is 1.17. The van der Waals surface area contributed by atoms with Gasteiger partial charge >= 0.3 is 0 Å². The minimum Gasteiger partial charge on any atom is -0.369 e. The van der Waals surface area contributed by atoms with Crippen molar-refractivity contribution in [3.8, 4) is 0 Å². The summed E-state index contributed by atoms with van der Waals surface area (Å²) in [5.41, 5.74) is 13.5. The molecule has 0 spiro atoms. The van der Waals surface area contributed by atoms with Crippen molar-refractivity contribution in [2.45, 2.75) is 13.8 Å². The molecule has 0 radical (unpaired) electrons. The minimum absolute atomic E-state index is 0.259. The number of guanidine groups is 2. The van der Waals surface area contributed by atoms with Crippen LogP contribution in [0.5, 0.6) is 0 Å². The van der Waals surface area contributed by atoms with E-state index in [1.54, 1.807) is 6.07 Å². The average molecular weight is 205 g/mol. The summed E-state index contributed by atoms with van der Waals surface area (Å²) >= 11 is 0. The number of rotatable bonds is 1. The first-order valence-corrected chi connectivity index (χ1v) is 4.49. The van der Waals surface area contributed by atoms with Crippen LogP contribution in [0.1, 0.15) is 11.1 Å². The molecule has 5 nitrogen and oxygen atoms in total. The Morgan fingerprint density at radius 1 is 1.07 bits per heavy atom. The number of aryl methyl sites for hydroxylation is 2. The molecule has 0 unspecified atom stereocenters. The van der Waals surface area contributed by atoms with E-state index in [0.717, 1.165) is 11.1 Å². The molecule has 0 heterocycles. The molecular formula is C10H15N5. The van der Waals surface area contributed by atoms with Crippen LogP contribution >= 0.6 is 0 Å². The zero-order chi connectivity index (χ0) is 11.6. The molecular weight excluding hydrogens is 190 g/mol. The monoisotopic (exact) mass is 205 g/mol.